The first-order valence-corrected chi connectivity index (χ1v) is 7.89. The number of hydrogen-bond donors (Lipinski definition) is 1. The van der Waals surface area contributed by atoms with Gasteiger partial charge in [-0.05, 0) is 53.0 Å². The van der Waals surface area contributed by atoms with Gasteiger partial charge in [-0.1, -0.05) is 24.3 Å². The molecule has 0 saturated carbocycles. The lowest BCUT2D eigenvalue weighted by molar-refractivity contribution is -0.740. The number of hydrogen-bond acceptors (Lipinski definition) is 1. The molecule has 0 amide bonds. The Bertz CT molecular complexity index is 829. The average Bonchev–Trinajstić information content (AvgIpc) is 2.76. The molecule has 0 aliphatic carbocycles. The van der Waals surface area contributed by atoms with E-state index in [0.29, 0.717) is 0 Å². The van der Waals surface area contributed by atoms with Crippen molar-refractivity contribution in [3.8, 4) is 0 Å². The van der Waals surface area contributed by atoms with Crippen LogP contribution in [0, 0.1) is 0 Å². The molecule has 1 N–H and O–H groups in total. The van der Waals surface area contributed by atoms with Crippen molar-refractivity contribution < 1.29 is 4.57 Å². The molecule has 0 radical (unpaired) electrons. The fraction of sp³-hybridized carbons (Fsp3) is 0.421. The molecule has 3 nitrogen and oxygen atoms in total. The van der Waals surface area contributed by atoms with Gasteiger partial charge in [0, 0.05) is 5.39 Å². The number of nitrogens with one attached hydrogen (secondary N) is 1. The summed E-state index contributed by atoms with van der Waals surface area (Å²) < 4.78 is 4.56. The molecule has 22 heavy (non-hydrogen) atoms. The van der Waals surface area contributed by atoms with Crippen LogP contribution in [0.4, 0.5) is 5.82 Å². The number of rotatable bonds is 1. The third-order valence-corrected chi connectivity index (χ3v) is 3.81. The molecular weight excluding hydrogens is 270 g/mol. The minimum absolute atomic E-state index is 0.00574. The number of nitrogens with zero attached hydrogens (tertiary/aromatic N) is 2. The zero-order chi connectivity index (χ0) is 16.1. The van der Waals surface area contributed by atoms with Crippen LogP contribution >= 0.6 is 0 Å². The number of benzene rings is 1. The minimum atomic E-state index is 0.00574. The second kappa shape index (κ2) is 4.73. The molecule has 2 aromatic heterocycles. The molecule has 1 aromatic carbocycles. The lowest BCUT2D eigenvalue weighted by atomic mass is 10.1. The zero-order valence-electron chi connectivity index (χ0n) is 14.4. The largest absolute Gasteiger partial charge is 0.298 e. The van der Waals surface area contributed by atoms with E-state index < -0.39 is 0 Å². The number of anilines is 1. The van der Waals surface area contributed by atoms with E-state index in [1.807, 2.05) is 0 Å². The third kappa shape index (κ3) is 2.56. The van der Waals surface area contributed by atoms with Gasteiger partial charge in [-0.2, -0.15) is 0 Å². The second-order valence-corrected chi connectivity index (χ2v) is 8.04. The minimum Gasteiger partial charge on any atom is -0.298 e. The van der Waals surface area contributed by atoms with Gasteiger partial charge in [0.2, 0.25) is 0 Å². The van der Waals surface area contributed by atoms with E-state index in [9.17, 15) is 0 Å². The van der Waals surface area contributed by atoms with Crippen LogP contribution in [0.5, 0.6) is 0 Å². The highest BCUT2D eigenvalue weighted by Crippen LogP contribution is 2.28. The van der Waals surface area contributed by atoms with Crippen LogP contribution in [0.15, 0.2) is 42.9 Å². The maximum absolute atomic E-state index is 3.71. The van der Waals surface area contributed by atoms with Crippen molar-refractivity contribution in [1.82, 2.24) is 4.40 Å². The van der Waals surface area contributed by atoms with Gasteiger partial charge >= 0.3 is 0 Å². The fourth-order valence-corrected chi connectivity index (χ4v) is 2.86. The first-order chi connectivity index (χ1) is 10.2. The van der Waals surface area contributed by atoms with E-state index in [4.69, 9.17) is 0 Å². The second-order valence-electron chi connectivity index (χ2n) is 8.04. The molecule has 0 unspecified atom stereocenters. The van der Waals surface area contributed by atoms with Crippen molar-refractivity contribution in [3.05, 3.63) is 42.9 Å². The molecule has 3 heteroatoms. The summed E-state index contributed by atoms with van der Waals surface area (Å²) in [5.41, 5.74) is 1.26. The maximum Gasteiger partial charge on any atom is 0.262 e. The molecule has 116 valence electrons. The summed E-state index contributed by atoms with van der Waals surface area (Å²) in [6.07, 6.45) is 4.34. The van der Waals surface area contributed by atoms with Crippen molar-refractivity contribution in [1.29, 1.82) is 0 Å². The highest BCUT2D eigenvalue weighted by atomic mass is 15.2. The summed E-state index contributed by atoms with van der Waals surface area (Å²) in [6, 6.07) is 10.8. The topological polar surface area (TPSA) is 20.3 Å². The molecule has 0 saturated heterocycles. The van der Waals surface area contributed by atoms with Gasteiger partial charge in [0.1, 0.15) is 0 Å². The van der Waals surface area contributed by atoms with Crippen molar-refractivity contribution in [2.45, 2.75) is 52.6 Å². The average molecular weight is 296 g/mol. The number of imidazole rings is 1. The van der Waals surface area contributed by atoms with Crippen molar-refractivity contribution in [2.24, 2.45) is 0 Å². The normalized spacial score (nSPS) is 13.0. The number of pyridine rings is 1. The first-order valence-electron chi connectivity index (χ1n) is 7.89. The third-order valence-electron chi connectivity index (χ3n) is 3.81. The first kappa shape index (κ1) is 14.9. The van der Waals surface area contributed by atoms with Gasteiger partial charge in [-0.3, -0.25) is 5.32 Å². The molecule has 3 aromatic rings. The summed E-state index contributed by atoms with van der Waals surface area (Å²) >= 11 is 0. The predicted octanol–water partition coefficient (Wildman–Crippen LogP) is 4.35. The maximum atomic E-state index is 3.71. The van der Waals surface area contributed by atoms with E-state index in [2.05, 4.69) is 98.7 Å². The Morgan fingerprint density at radius 1 is 0.955 bits per heavy atom. The summed E-state index contributed by atoms with van der Waals surface area (Å²) in [5.74, 6) is 1.18. The Morgan fingerprint density at radius 3 is 2.27 bits per heavy atom. The summed E-state index contributed by atoms with van der Waals surface area (Å²) in [6.45, 7) is 13.3. The van der Waals surface area contributed by atoms with Gasteiger partial charge in [0.05, 0.1) is 17.3 Å². The molecule has 3 rings (SSSR count). The molecule has 0 fully saturated rings. The van der Waals surface area contributed by atoms with Crippen molar-refractivity contribution in [2.75, 3.05) is 5.32 Å². The van der Waals surface area contributed by atoms with Gasteiger partial charge in [0.15, 0.2) is 11.8 Å². The van der Waals surface area contributed by atoms with Crippen LogP contribution in [0.3, 0.4) is 0 Å². The standard InChI is InChI=1S/C19H26N3/c1-18(2,3)20-17-16-15-10-8-7-9-14(15)11-12-21(16)13-22(17)19(4,5)6/h7-13,20H,1-6H3/q+1. The van der Waals surface area contributed by atoms with Crippen LogP contribution in [-0.4, -0.2) is 9.94 Å². The summed E-state index contributed by atoms with van der Waals surface area (Å²) in [4.78, 5) is 0. The van der Waals surface area contributed by atoms with E-state index in [-0.39, 0.29) is 11.1 Å². The predicted molar refractivity (Wildman–Crippen MR) is 93.5 cm³/mol. The van der Waals surface area contributed by atoms with Gasteiger partial charge < -0.3 is 0 Å². The van der Waals surface area contributed by atoms with Crippen LogP contribution in [-0.2, 0) is 5.54 Å². The lowest BCUT2D eigenvalue weighted by Crippen LogP contribution is -2.51. The Hall–Kier alpha value is -2.03. The Balaban J connectivity index is 2.41. The Labute approximate surface area is 132 Å². The van der Waals surface area contributed by atoms with E-state index in [0.717, 1.165) is 0 Å². The highest BCUT2D eigenvalue weighted by Gasteiger charge is 2.30. The summed E-state index contributed by atoms with van der Waals surface area (Å²) in [5, 5.41) is 6.26. The van der Waals surface area contributed by atoms with Crippen molar-refractivity contribution >= 4 is 22.1 Å². The smallest absolute Gasteiger partial charge is 0.262 e. The molecule has 0 spiro atoms. The molecule has 0 aliphatic rings. The van der Waals surface area contributed by atoms with E-state index in [1.165, 1.54) is 22.1 Å². The van der Waals surface area contributed by atoms with E-state index >= 15 is 0 Å². The molecule has 0 aliphatic heterocycles. The lowest BCUT2D eigenvalue weighted by Gasteiger charge is -2.23. The van der Waals surface area contributed by atoms with Crippen LogP contribution in [0.1, 0.15) is 41.5 Å². The molecule has 2 heterocycles. The number of fused-ring (bicyclic) bond motifs is 3. The Kier molecular flexibility index (Phi) is 3.20. The van der Waals surface area contributed by atoms with Crippen LogP contribution < -0.4 is 9.88 Å². The van der Waals surface area contributed by atoms with Crippen LogP contribution in [0.25, 0.3) is 16.3 Å². The highest BCUT2D eigenvalue weighted by molar-refractivity contribution is 6.00. The molecule has 0 atom stereocenters. The van der Waals surface area contributed by atoms with Gasteiger partial charge in [0.25, 0.3) is 5.82 Å². The molecule has 0 bridgehead atoms. The number of aromatic nitrogens is 2. The summed E-state index contributed by atoms with van der Waals surface area (Å²) in [7, 11) is 0. The quantitative estimate of drug-likeness (QED) is 0.662. The fourth-order valence-electron chi connectivity index (χ4n) is 2.86. The molecular formula is C19H26N3+. The van der Waals surface area contributed by atoms with E-state index in [1.54, 1.807) is 0 Å². The zero-order valence-corrected chi connectivity index (χ0v) is 14.4. The SMILES string of the molecule is CC(C)(C)Nc1c2c3ccccc3ccn2c[n+]1C(C)(C)C. The monoisotopic (exact) mass is 296 g/mol. The van der Waals surface area contributed by atoms with Crippen LogP contribution in [0.2, 0.25) is 0 Å². The van der Waals surface area contributed by atoms with Gasteiger partial charge in [-0.15, -0.1) is 0 Å². The van der Waals surface area contributed by atoms with Crippen molar-refractivity contribution in [3.63, 3.8) is 0 Å². The van der Waals surface area contributed by atoms with Gasteiger partial charge in [-0.25, -0.2) is 8.97 Å². The Morgan fingerprint density at radius 2 is 1.64 bits per heavy atom.